The fraction of sp³-hybridized carbons (Fsp3) is 0.800. The van der Waals surface area contributed by atoms with Crippen molar-refractivity contribution in [3.63, 3.8) is 0 Å². The second kappa shape index (κ2) is 5.75. The second-order valence-corrected chi connectivity index (χ2v) is 3.85. The van der Waals surface area contributed by atoms with E-state index in [-0.39, 0.29) is 17.9 Å². The zero-order valence-corrected chi connectivity index (χ0v) is 8.37. The first-order valence-electron chi connectivity index (χ1n) is 5.21. The van der Waals surface area contributed by atoms with E-state index < -0.39 is 0 Å². The number of amides is 1. The first kappa shape index (κ1) is 11.2. The topological polar surface area (TPSA) is 72.2 Å². The molecule has 0 aliphatic heterocycles. The fourth-order valence-electron chi connectivity index (χ4n) is 1.83. The van der Waals surface area contributed by atoms with Gasteiger partial charge in [0.2, 0.25) is 5.91 Å². The normalized spacial score (nSPS) is 26.9. The molecule has 4 nitrogen and oxygen atoms in total. The lowest BCUT2D eigenvalue weighted by Crippen LogP contribution is -2.38. The van der Waals surface area contributed by atoms with Gasteiger partial charge in [-0.25, -0.2) is 0 Å². The summed E-state index contributed by atoms with van der Waals surface area (Å²) in [4.78, 5) is 21.7. The molecule has 1 amide bonds. The molecule has 14 heavy (non-hydrogen) atoms. The van der Waals surface area contributed by atoms with Crippen molar-refractivity contribution < 1.29 is 9.59 Å². The Bertz CT molecular complexity index is 198. The molecule has 0 spiro atoms. The predicted octanol–water partition coefficient (Wildman–Crippen LogP) is 0.209. The number of rotatable bonds is 4. The zero-order chi connectivity index (χ0) is 10.4. The van der Waals surface area contributed by atoms with E-state index in [1.807, 2.05) is 0 Å². The van der Waals surface area contributed by atoms with Gasteiger partial charge in [0, 0.05) is 24.9 Å². The molecule has 1 aliphatic carbocycles. The Labute approximate surface area is 84.2 Å². The van der Waals surface area contributed by atoms with Gasteiger partial charge in [0.05, 0.1) is 0 Å². The Kier molecular flexibility index (Phi) is 4.59. The summed E-state index contributed by atoms with van der Waals surface area (Å²) in [5.41, 5.74) is 5.27. The standard InChI is InChI=1S/C10H18N2O2/c11-6-5-10(14)12-9-3-1-8(7-13)2-4-9/h7-9H,1-6,11H2,(H,12,14). The van der Waals surface area contributed by atoms with Crippen LogP contribution in [-0.2, 0) is 9.59 Å². The van der Waals surface area contributed by atoms with Gasteiger partial charge in [0.15, 0.2) is 0 Å². The van der Waals surface area contributed by atoms with Crippen molar-refractivity contribution in [3.05, 3.63) is 0 Å². The third kappa shape index (κ3) is 3.46. The molecule has 4 heteroatoms. The van der Waals surface area contributed by atoms with Gasteiger partial charge in [-0.15, -0.1) is 0 Å². The molecule has 0 aromatic carbocycles. The minimum Gasteiger partial charge on any atom is -0.353 e. The first-order valence-corrected chi connectivity index (χ1v) is 5.21. The van der Waals surface area contributed by atoms with Crippen molar-refractivity contribution in [2.24, 2.45) is 11.7 Å². The monoisotopic (exact) mass is 198 g/mol. The Morgan fingerprint density at radius 1 is 1.36 bits per heavy atom. The second-order valence-electron chi connectivity index (χ2n) is 3.85. The van der Waals surface area contributed by atoms with Crippen LogP contribution in [0.2, 0.25) is 0 Å². The van der Waals surface area contributed by atoms with Crippen LogP contribution in [-0.4, -0.2) is 24.8 Å². The third-order valence-electron chi connectivity index (χ3n) is 2.70. The van der Waals surface area contributed by atoms with Crippen LogP contribution < -0.4 is 11.1 Å². The van der Waals surface area contributed by atoms with Gasteiger partial charge in [-0.2, -0.15) is 0 Å². The Morgan fingerprint density at radius 2 is 2.00 bits per heavy atom. The van der Waals surface area contributed by atoms with Crippen molar-refractivity contribution in [1.82, 2.24) is 5.32 Å². The smallest absolute Gasteiger partial charge is 0.221 e. The Hall–Kier alpha value is -0.900. The fourth-order valence-corrected chi connectivity index (χ4v) is 1.83. The minimum absolute atomic E-state index is 0.0297. The largest absolute Gasteiger partial charge is 0.353 e. The lowest BCUT2D eigenvalue weighted by Gasteiger charge is -2.26. The van der Waals surface area contributed by atoms with Gasteiger partial charge < -0.3 is 15.8 Å². The Morgan fingerprint density at radius 3 is 2.50 bits per heavy atom. The van der Waals surface area contributed by atoms with Gasteiger partial charge in [-0.1, -0.05) is 0 Å². The SMILES string of the molecule is NCCC(=O)NC1CCC(C=O)CC1. The molecular weight excluding hydrogens is 180 g/mol. The highest BCUT2D eigenvalue weighted by atomic mass is 16.1. The van der Waals surface area contributed by atoms with Crippen LogP contribution in [0.15, 0.2) is 0 Å². The molecule has 0 heterocycles. The number of carbonyl (C=O) groups is 2. The predicted molar refractivity (Wildman–Crippen MR) is 53.6 cm³/mol. The maximum absolute atomic E-state index is 11.2. The van der Waals surface area contributed by atoms with Crippen LogP contribution >= 0.6 is 0 Å². The van der Waals surface area contributed by atoms with Crippen LogP contribution in [0.4, 0.5) is 0 Å². The molecule has 1 saturated carbocycles. The minimum atomic E-state index is 0.0297. The number of aldehydes is 1. The number of nitrogens with two attached hydrogens (primary N) is 1. The molecule has 80 valence electrons. The molecule has 0 atom stereocenters. The summed E-state index contributed by atoms with van der Waals surface area (Å²) in [6, 6.07) is 0.255. The number of carbonyl (C=O) groups excluding carboxylic acids is 2. The maximum Gasteiger partial charge on any atom is 0.221 e. The highest BCUT2D eigenvalue weighted by molar-refractivity contribution is 5.76. The lowest BCUT2D eigenvalue weighted by atomic mass is 9.87. The maximum atomic E-state index is 11.2. The summed E-state index contributed by atoms with van der Waals surface area (Å²) in [5, 5.41) is 2.93. The van der Waals surface area contributed by atoms with E-state index in [9.17, 15) is 9.59 Å². The van der Waals surface area contributed by atoms with Crippen LogP contribution in [0.5, 0.6) is 0 Å². The van der Waals surface area contributed by atoms with E-state index in [0.717, 1.165) is 32.0 Å². The summed E-state index contributed by atoms with van der Waals surface area (Å²) >= 11 is 0. The number of nitrogens with one attached hydrogen (secondary N) is 1. The van der Waals surface area contributed by atoms with E-state index in [1.54, 1.807) is 0 Å². The molecule has 1 aliphatic rings. The third-order valence-corrected chi connectivity index (χ3v) is 2.70. The van der Waals surface area contributed by atoms with Crippen molar-refractivity contribution in [3.8, 4) is 0 Å². The first-order chi connectivity index (χ1) is 6.76. The molecule has 0 saturated heterocycles. The summed E-state index contributed by atoms with van der Waals surface area (Å²) in [6.07, 6.45) is 5.05. The van der Waals surface area contributed by atoms with Crippen LogP contribution in [0.25, 0.3) is 0 Å². The molecule has 1 rings (SSSR count). The zero-order valence-electron chi connectivity index (χ0n) is 8.37. The number of hydrogen-bond acceptors (Lipinski definition) is 3. The van der Waals surface area contributed by atoms with E-state index in [1.165, 1.54) is 0 Å². The molecule has 0 unspecified atom stereocenters. The molecule has 1 fully saturated rings. The Balaban J connectivity index is 2.21. The summed E-state index contributed by atoms with van der Waals surface area (Å²) in [7, 11) is 0. The summed E-state index contributed by atoms with van der Waals surface area (Å²) < 4.78 is 0. The number of hydrogen-bond donors (Lipinski definition) is 2. The highest BCUT2D eigenvalue weighted by Gasteiger charge is 2.21. The van der Waals surface area contributed by atoms with Crippen LogP contribution in [0.3, 0.4) is 0 Å². The molecule has 3 N–H and O–H groups in total. The van der Waals surface area contributed by atoms with E-state index in [2.05, 4.69) is 5.32 Å². The van der Waals surface area contributed by atoms with Crippen molar-refractivity contribution in [1.29, 1.82) is 0 Å². The van der Waals surface area contributed by atoms with Gasteiger partial charge in [0.1, 0.15) is 6.29 Å². The van der Waals surface area contributed by atoms with Gasteiger partial charge in [-0.05, 0) is 25.7 Å². The van der Waals surface area contributed by atoms with E-state index >= 15 is 0 Å². The van der Waals surface area contributed by atoms with Crippen LogP contribution in [0, 0.1) is 5.92 Å². The van der Waals surface area contributed by atoms with E-state index in [4.69, 9.17) is 5.73 Å². The lowest BCUT2D eigenvalue weighted by molar-refractivity contribution is -0.121. The van der Waals surface area contributed by atoms with Gasteiger partial charge in [-0.3, -0.25) is 4.79 Å². The molecule has 0 aromatic rings. The highest BCUT2D eigenvalue weighted by Crippen LogP contribution is 2.22. The van der Waals surface area contributed by atoms with Crippen molar-refractivity contribution in [2.45, 2.75) is 38.1 Å². The average molecular weight is 198 g/mol. The van der Waals surface area contributed by atoms with Gasteiger partial charge >= 0.3 is 0 Å². The summed E-state index contributed by atoms with van der Waals surface area (Å²) in [5.74, 6) is 0.236. The summed E-state index contributed by atoms with van der Waals surface area (Å²) in [6.45, 7) is 0.398. The molecule has 0 radical (unpaired) electrons. The molecular formula is C10H18N2O2. The average Bonchev–Trinajstić information content (AvgIpc) is 2.19. The quantitative estimate of drug-likeness (QED) is 0.634. The molecule has 0 aromatic heterocycles. The van der Waals surface area contributed by atoms with Crippen molar-refractivity contribution in [2.75, 3.05) is 6.54 Å². The van der Waals surface area contributed by atoms with Crippen LogP contribution in [0.1, 0.15) is 32.1 Å². The van der Waals surface area contributed by atoms with Crippen molar-refractivity contribution >= 4 is 12.2 Å². The van der Waals surface area contributed by atoms with E-state index in [0.29, 0.717) is 13.0 Å². The van der Waals surface area contributed by atoms with Gasteiger partial charge in [0.25, 0.3) is 0 Å². The molecule has 0 bridgehead atoms.